The molecule has 1 aromatic carbocycles. The predicted octanol–water partition coefficient (Wildman–Crippen LogP) is 2.75. The molecule has 1 atom stereocenters. The van der Waals surface area contributed by atoms with Crippen LogP contribution in [-0.2, 0) is 6.54 Å². The summed E-state index contributed by atoms with van der Waals surface area (Å²) in [5.74, 6) is 0.00598. The Bertz CT molecular complexity index is 598. The Hall–Kier alpha value is -1.49. The predicted molar refractivity (Wildman–Crippen MR) is 74.0 cm³/mol. The van der Waals surface area contributed by atoms with Gasteiger partial charge in [-0.2, -0.15) is 0 Å². The molecule has 0 radical (unpaired) electrons. The second kappa shape index (κ2) is 5.02. The molecular weight excluding hydrogens is 296 g/mol. The van der Waals surface area contributed by atoms with Gasteiger partial charge in [0.2, 0.25) is 5.88 Å². The maximum absolute atomic E-state index is 12.1. The molecule has 0 spiro atoms. The first-order valence-electron chi connectivity index (χ1n) is 5.80. The number of imidazole rings is 1. The van der Waals surface area contributed by atoms with Gasteiger partial charge in [-0.15, -0.1) is 0 Å². The van der Waals surface area contributed by atoms with Crippen LogP contribution in [0, 0.1) is 0 Å². The van der Waals surface area contributed by atoms with Gasteiger partial charge in [0.25, 0.3) is 0 Å². The standard InChI is InChI=1S/C13H15BrN2O2/c1-3-15-12(17)8-16(13(15)18)9(2)10-4-6-11(14)7-5-10/h4-9,17H,3H2,1-2H3. The highest BCUT2D eigenvalue weighted by Gasteiger charge is 2.15. The maximum Gasteiger partial charge on any atom is 0.331 e. The molecule has 0 saturated carbocycles. The quantitative estimate of drug-likeness (QED) is 0.947. The van der Waals surface area contributed by atoms with Crippen LogP contribution in [0.1, 0.15) is 25.5 Å². The molecule has 2 aromatic rings. The van der Waals surface area contributed by atoms with E-state index in [-0.39, 0.29) is 17.6 Å². The molecule has 0 aliphatic rings. The molecule has 0 bridgehead atoms. The Morgan fingerprint density at radius 2 is 1.94 bits per heavy atom. The molecule has 2 rings (SSSR count). The lowest BCUT2D eigenvalue weighted by molar-refractivity contribution is 0.418. The highest BCUT2D eigenvalue weighted by atomic mass is 79.9. The minimum Gasteiger partial charge on any atom is -0.493 e. The summed E-state index contributed by atoms with van der Waals surface area (Å²) >= 11 is 3.38. The number of hydrogen-bond donors (Lipinski definition) is 1. The number of nitrogens with zero attached hydrogens (tertiary/aromatic N) is 2. The first-order valence-corrected chi connectivity index (χ1v) is 6.60. The van der Waals surface area contributed by atoms with Gasteiger partial charge < -0.3 is 5.11 Å². The van der Waals surface area contributed by atoms with E-state index in [1.165, 1.54) is 10.8 Å². The van der Waals surface area contributed by atoms with Crippen LogP contribution >= 0.6 is 15.9 Å². The Kier molecular flexibility index (Phi) is 3.61. The van der Waals surface area contributed by atoms with Gasteiger partial charge in [0, 0.05) is 11.0 Å². The smallest absolute Gasteiger partial charge is 0.331 e. The van der Waals surface area contributed by atoms with Crippen molar-refractivity contribution < 1.29 is 5.11 Å². The summed E-state index contributed by atoms with van der Waals surface area (Å²) in [5.41, 5.74) is 0.832. The number of hydrogen-bond acceptors (Lipinski definition) is 2. The number of halogens is 1. The van der Waals surface area contributed by atoms with E-state index < -0.39 is 0 Å². The second-order valence-electron chi connectivity index (χ2n) is 4.15. The van der Waals surface area contributed by atoms with E-state index in [1.54, 1.807) is 4.57 Å². The molecule has 1 N–H and O–H groups in total. The van der Waals surface area contributed by atoms with Crippen LogP contribution in [0.5, 0.6) is 5.88 Å². The first-order chi connectivity index (χ1) is 8.54. The molecule has 18 heavy (non-hydrogen) atoms. The molecule has 1 aromatic heterocycles. The van der Waals surface area contributed by atoms with Crippen molar-refractivity contribution in [3.63, 3.8) is 0 Å². The number of aromatic nitrogens is 2. The topological polar surface area (TPSA) is 47.2 Å². The largest absolute Gasteiger partial charge is 0.493 e. The van der Waals surface area contributed by atoms with Crippen LogP contribution in [-0.4, -0.2) is 14.2 Å². The third-order valence-corrected chi connectivity index (χ3v) is 3.60. The van der Waals surface area contributed by atoms with E-state index in [9.17, 15) is 9.90 Å². The third-order valence-electron chi connectivity index (χ3n) is 3.07. The van der Waals surface area contributed by atoms with Crippen molar-refractivity contribution in [1.29, 1.82) is 0 Å². The summed E-state index contributed by atoms with van der Waals surface area (Å²) < 4.78 is 3.89. The molecule has 5 heteroatoms. The molecule has 0 aliphatic heterocycles. The Morgan fingerprint density at radius 1 is 1.33 bits per heavy atom. The van der Waals surface area contributed by atoms with Gasteiger partial charge in [0.05, 0.1) is 12.2 Å². The molecular formula is C13H15BrN2O2. The molecule has 1 heterocycles. The van der Waals surface area contributed by atoms with Crippen molar-refractivity contribution in [2.75, 3.05) is 0 Å². The fraction of sp³-hybridized carbons (Fsp3) is 0.308. The molecule has 96 valence electrons. The molecule has 0 fully saturated rings. The number of rotatable bonds is 3. The van der Waals surface area contributed by atoms with E-state index in [0.29, 0.717) is 6.54 Å². The number of benzene rings is 1. The van der Waals surface area contributed by atoms with Crippen LogP contribution in [0.3, 0.4) is 0 Å². The van der Waals surface area contributed by atoms with Gasteiger partial charge in [-0.05, 0) is 31.5 Å². The van der Waals surface area contributed by atoms with Crippen LogP contribution in [0.4, 0.5) is 0 Å². The van der Waals surface area contributed by atoms with Crippen molar-refractivity contribution in [2.45, 2.75) is 26.4 Å². The van der Waals surface area contributed by atoms with Gasteiger partial charge in [-0.1, -0.05) is 28.1 Å². The highest BCUT2D eigenvalue weighted by molar-refractivity contribution is 9.10. The van der Waals surface area contributed by atoms with Crippen LogP contribution in [0.25, 0.3) is 0 Å². The lowest BCUT2D eigenvalue weighted by Gasteiger charge is -2.12. The van der Waals surface area contributed by atoms with Crippen LogP contribution < -0.4 is 5.69 Å². The zero-order chi connectivity index (χ0) is 13.3. The van der Waals surface area contributed by atoms with Gasteiger partial charge in [0.15, 0.2) is 0 Å². The minimum absolute atomic E-state index is 0.00598. The van der Waals surface area contributed by atoms with Gasteiger partial charge >= 0.3 is 5.69 Å². The second-order valence-corrected chi connectivity index (χ2v) is 5.06. The van der Waals surface area contributed by atoms with Gasteiger partial charge in [-0.25, -0.2) is 4.79 Å². The average molecular weight is 311 g/mol. The monoisotopic (exact) mass is 310 g/mol. The third kappa shape index (κ3) is 2.22. The van der Waals surface area contributed by atoms with E-state index in [0.717, 1.165) is 10.0 Å². The Balaban J connectivity index is 2.43. The van der Waals surface area contributed by atoms with Crippen LogP contribution in [0.2, 0.25) is 0 Å². The molecule has 0 amide bonds. The normalized spacial score (nSPS) is 12.6. The summed E-state index contributed by atoms with van der Waals surface area (Å²) in [5, 5.41) is 9.69. The van der Waals surface area contributed by atoms with Crippen molar-refractivity contribution in [3.05, 3.63) is 51.0 Å². The number of aromatic hydroxyl groups is 1. The molecule has 0 aliphatic carbocycles. The fourth-order valence-electron chi connectivity index (χ4n) is 1.96. The first kappa shape index (κ1) is 13.0. The zero-order valence-electron chi connectivity index (χ0n) is 10.3. The van der Waals surface area contributed by atoms with Crippen LogP contribution in [0.15, 0.2) is 39.7 Å². The summed E-state index contributed by atoms with van der Waals surface area (Å²) in [6.45, 7) is 4.23. The summed E-state index contributed by atoms with van der Waals surface area (Å²) in [6, 6.07) is 7.69. The minimum atomic E-state index is -0.189. The SMILES string of the molecule is CCn1c(O)cn(C(C)c2ccc(Br)cc2)c1=O. The Labute approximate surface area is 114 Å². The lowest BCUT2D eigenvalue weighted by Crippen LogP contribution is -2.26. The molecule has 0 saturated heterocycles. The summed E-state index contributed by atoms with van der Waals surface area (Å²) in [7, 11) is 0. The molecule has 4 nitrogen and oxygen atoms in total. The Morgan fingerprint density at radius 3 is 2.44 bits per heavy atom. The van der Waals surface area contributed by atoms with Crippen molar-refractivity contribution in [3.8, 4) is 5.88 Å². The van der Waals surface area contributed by atoms with Crippen molar-refractivity contribution in [1.82, 2.24) is 9.13 Å². The van der Waals surface area contributed by atoms with E-state index in [1.807, 2.05) is 38.1 Å². The summed E-state index contributed by atoms with van der Waals surface area (Å²) in [4.78, 5) is 12.1. The van der Waals surface area contributed by atoms with E-state index in [4.69, 9.17) is 0 Å². The van der Waals surface area contributed by atoms with E-state index in [2.05, 4.69) is 15.9 Å². The lowest BCUT2D eigenvalue weighted by atomic mass is 10.1. The average Bonchev–Trinajstić information content (AvgIpc) is 2.64. The van der Waals surface area contributed by atoms with Crippen molar-refractivity contribution in [2.24, 2.45) is 0 Å². The van der Waals surface area contributed by atoms with Crippen molar-refractivity contribution >= 4 is 15.9 Å². The maximum atomic E-state index is 12.1. The van der Waals surface area contributed by atoms with E-state index >= 15 is 0 Å². The zero-order valence-corrected chi connectivity index (χ0v) is 11.9. The van der Waals surface area contributed by atoms with Gasteiger partial charge in [0.1, 0.15) is 0 Å². The summed E-state index contributed by atoms with van der Waals surface area (Å²) in [6.07, 6.45) is 1.48. The van der Waals surface area contributed by atoms with Gasteiger partial charge in [-0.3, -0.25) is 9.13 Å². The highest BCUT2D eigenvalue weighted by Crippen LogP contribution is 2.20. The fourth-order valence-corrected chi connectivity index (χ4v) is 2.23. The molecule has 1 unspecified atom stereocenters.